The molecular weight excluding hydrogens is 350 g/mol. The van der Waals surface area contributed by atoms with E-state index < -0.39 is 0 Å². The molecule has 0 amide bonds. The quantitative estimate of drug-likeness (QED) is 0.282. The summed E-state index contributed by atoms with van der Waals surface area (Å²) < 4.78 is 6.40. The summed E-state index contributed by atoms with van der Waals surface area (Å²) >= 11 is 0. The Balaban J connectivity index is 1.45. The van der Waals surface area contributed by atoms with Crippen LogP contribution in [0.2, 0.25) is 0 Å². The van der Waals surface area contributed by atoms with Gasteiger partial charge in [-0.3, -0.25) is 4.79 Å². The van der Waals surface area contributed by atoms with Gasteiger partial charge in [-0.05, 0) is 78.1 Å². The van der Waals surface area contributed by atoms with Gasteiger partial charge in [-0.1, -0.05) is 32.8 Å². The normalized spacial score (nSPS) is 55.2. The van der Waals surface area contributed by atoms with Crippen LogP contribution in [-0.2, 0) is 9.53 Å². The second kappa shape index (κ2) is 6.22. The van der Waals surface area contributed by atoms with Crippen LogP contribution in [0.15, 0.2) is 5.11 Å². The number of ether oxygens (including phenoxy) is 1. The molecule has 154 valence electrons. The average molecular weight is 386 g/mol. The Morgan fingerprint density at radius 1 is 1.18 bits per heavy atom. The Labute approximate surface area is 168 Å². The van der Waals surface area contributed by atoms with Crippen molar-refractivity contribution in [3.05, 3.63) is 10.4 Å². The van der Waals surface area contributed by atoms with Crippen LogP contribution in [0.1, 0.15) is 66.2 Å². The summed E-state index contributed by atoms with van der Waals surface area (Å²) in [5, 5.41) is 3.89. The van der Waals surface area contributed by atoms with Crippen LogP contribution in [-0.4, -0.2) is 24.5 Å². The maximum Gasteiger partial charge on any atom is 0.136 e. The molecule has 0 aromatic carbocycles. The number of nitrogens with zero attached hydrogens (tertiary/aromatic N) is 3. The van der Waals surface area contributed by atoms with Gasteiger partial charge in [-0.15, -0.1) is 0 Å². The number of ketones is 1. The predicted molar refractivity (Wildman–Crippen MR) is 107 cm³/mol. The molecule has 5 rings (SSSR count). The van der Waals surface area contributed by atoms with E-state index in [2.05, 4.69) is 37.7 Å². The maximum atomic E-state index is 12.5. The molecule has 0 aromatic rings. The lowest BCUT2D eigenvalue weighted by Gasteiger charge is -2.60. The largest absolute Gasteiger partial charge is 0.369 e. The van der Waals surface area contributed by atoms with E-state index in [1.165, 1.54) is 25.7 Å². The molecular formula is C23H35N3O2. The highest BCUT2D eigenvalue weighted by atomic mass is 16.6. The van der Waals surface area contributed by atoms with Crippen molar-refractivity contribution in [1.29, 1.82) is 0 Å². The van der Waals surface area contributed by atoms with E-state index in [1.807, 2.05) is 0 Å². The molecule has 1 saturated heterocycles. The lowest BCUT2D eigenvalue weighted by atomic mass is 9.43. The van der Waals surface area contributed by atoms with Crippen molar-refractivity contribution < 1.29 is 9.53 Å². The molecule has 0 N–H and O–H groups in total. The fourth-order valence-electron chi connectivity index (χ4n) is 9.08. The molecule has 5 heteroatoms. The number of hydrogen-bond donors (Lipinski definition) is 0. The molecule has 5 aliphatic rings. The first-order valence-corrected chi connectivity index (χ1v) is 11.5. The maximum absolute atomic E-state index is 12.5. The van der Waals surface area contributed by atoms with Crippen LogP contribution in [0, 0.1) is 52.3 Å². The van der Waals surface area contributed by atoms with E-state index in [1.54, 1.807) is 0 Å². The minimum absolute atomic E-state index is 0.170. The van der Waals surface area contributed by atoms with Gasteiger partial charge in [-0.25, -0.2) is 0 Å². The van der Waals surface area contributed by atoms with Gasteiger partial charge in [0.1, 0.15) is 5.78 Å². The van der Waals surface area contributed by atoms with Crippen LogP contribution in [0.25, 0.3) is 10.4 Å². The number of azide groups is 1. The van der Waals surface area contributed by atoms with Crippen LogP contribution in [0.4, 0.5) is 0 Å². The number of carbonyl (C=O) groups is 1. The SMILES string of the molecule is CC1C(=O)CC[C@]2(C)C3CC[C@@]4(C)C(CCC4[C@H](C)CN=[N+]=[N-])C3[C@@H]3O[C@@H]3C12. The zero-order chi connectivity index (χ0) is 19.8. The summed E-state index contributed by atoms with van der Waals surface area (Å²) in [5.74, 6) is 4.28. The third kappa shape index (κ3) is 2.35. The molecule has 0 spiro atoms. The second-order valence-corrected chi connectivity index (χ2v) is 11.3. The van der Waals surface area contributed by atoms with Gasteiger partial charge in [0, 0.05) is 29.7 Å². The molecule has 1 heterocycles. The summed E-state index contributed by atoms with van der Waals surface area (Å²) in [6, 6.07) is 0. The summed E-state index contributed by atoms with van der Waals surface area (Å²) in [5.41, 5.74) is 9.36. The van der Waals surface area contributed by atoms with Crippen LogP contribution in [0.5, 0.6) is 0 Å². The Bertz CT molecular complexity index is 733. The molecule has 4 aliphatic carbocycles. The molecule has 4 saturated carbocycles. The van der Waals surface area contributed by atoms with Crippen molar-refractivity contribution in [2.45, 2.75) is 78.4 Å². The molecule has 5 nitrogen and oxygen atoms in total. The lowest BCUT2D eigenvalue weighted by Crippen LogP contribution is -2.58. The molecule has 28 heavy (non-hydrogen) atoms. The molecule has 11 atom stereocenters. The van der Waals surface area contributed by atoms with Crippen molar-refractivity contribution in [2.24, 2.45) is 57.4 Å². The number of Topliss-reactive ketones (excluding diaryl/α,β-unsaturated/α-hetero) is 1. The first-order valence-electron chi connectivity index (χ1n) is 11.5. The van der Waals surface area contributed by atoms with E-state index in [0.29, 0.717) is 59.5 Å². The van der Waals surface area contributed by atoms with Crippen molar-refractivity contribution in [2.75, 3.05) is 6.54 Å². The number of carbonyl (C=O) groups excluding carboxylic acids is 1. The molecule has 5 fully saturated rings. The Hall–Kier alpha value is -1.06. The highest BCUT2D eigenvalue weighted by Crippen LogP contribution is 2.72. The Morgan fingerprint density at radius 3 is 2.68 bits per heavy atom. The molecule has 6 unspecified atom stereocenters. The number of rotatable bonds is 3. The van der Waals surface area contributed by atoms with Gasteiger partial charge < -0.3 is 4.74 Å². The summed E-state index contributed by atoms with van der Waals surface area (Å²) in [6.07, 6.45) is 7.68. The van der Waals surface area contributed by atoms with Crippen LogP contribution < -0.4 is 0 Å². The van der Waals surface area contributed by atoms with E-state index in [0.717, 1.165) is 18.8 Å². The fourth-order valence-corrected chi connectivity index (χ4v) is 9.08. The first-order chi connectivity index (χ1) is 13.3. The minimum atomic E-state index is 0.170. The van der Waals surface area contributed by atoms with Crippen molar-refractivity contribution in [3.63, 3.8) is 0 Å². The summed E-state index contributed by atoms with van der Waals surface area (Å²) in [4.78, 5) is 15.5. The average Bonchev–Trinajstić information content (AvgIpc) is 3.36. The Morgan fingerprint density at radius 2 is 1.93 bits per heavy atom. The fraction of sp³-hybridized carbons (Fsp3) is 0.957. The van der Waals surface area contributed by atoms with E-state index in [-0.39, 0.29) is 11.3 Å². The topological polar surface area (TPSA) is 78.4 Å². The summed E-state index contributed by atoms with van der Waals surface area (Å²) in [6.45, 7) is 10.1. The van der Waals surface area contributed by atoms with Crippen LogP contribution in [0.3, 0.4) is 0 Å². The third-order valence-corrected chi connectivity index (χ3v) is 10.4. The predicted octanol–water partition coefficient (Wildman–Crippen LogP) is 5.39. The van der Waals surface area contributed by atoms with Crippen molar-refractivity contribution in [1.82, 2.24) is 0 Å². The van der Waals surface area contributed by atoms with E-state index in [9.17, 15) is 4.79 Å². The minimum Gasteiger partial charge on any atom is -0.369 e. The highest BCUT2D eigenvalue weighted by Gasteiger charge is 2.71. The molecule has 1 aliphatic heterocycles. The molecule has 0 aromatic heterocycles. The van der Waals surface area contributed by atoms with Gasteiger partial charge in [0.05, 0.1) is 12.2 Å². The van der Waals surface area contributed by atoms with Gasteiger partial charge >= 0.3 is 0 Å². The molecule has 0 radical (unpaired) electrons. The second-order valence-electron chi connectivity index (χ2n) is 11.3. The zero-order valence-electron chi connectivity index (χ0n) is 17.8. The number of fused-ring (bicyclic) bond motifs is 8. The smallest absolute Gasteiger partial charge is 0.136 e. The van der Waals surface area contributed by atoms with E-state index >= 15 is 0 Å². The van der Waals surface area contributed by atoms with Crippen molar-refractivity contribution >= 4 is 5.78 Å². The van der Waals surface area contributed by atoms with Gasteiger partial charge in [0.25, 0.3) is 0 Å². The first kappa shape index (κ1) is 18.9. The third-order valence-electron chi connectivity index (χ3n) is 10.4. The zero-order valence-corrected chi connectivity index (χ0v) is 17.8. The monoisotopic (exact) mass is 385 g/mol. The molecule has 0 bridgehead atoms. The lowest BCUT2D eigenvalue weighted by molar-refractivity contribution is -0.144. The van der Waals surface area contributed by atoms with Crippen LogP contribution >= 0.6 is 0 Å². The summed E-state index contributed by atoms with van der Waals surface area (Å²) in [7, 11) is 0. The highest BCUT2D eigenvalue weighted by molar-refractivity contribution is 5.82. The standard InChI is InChI=1S/C23H35N3O2/c1-12(11-25-26-24)14-5-6-15-18-16(7-9-22(14,15)3)23(4)10-8-17(27)13(2)19(23)21-20(18)28-21/h12-16,18-21H,5-11H2,1-4H3/t12-,13?,14?,15?,16?,18?,19?,20+,21-,22-,23-/m1/s1. The number of hydrogen-bond acceptors (Lipinski definition) is 3. The van der Waals surface area contributed by atoms with Crippen molar-refractivity contribution in [3.8, 4) is 0 Å². The number of epoxide rings is 1. The van der Waals surface area contributed by atoms with Gasteiger partial charge in [0.15, 0.2) is 0 Å². The van der Waals surface area contributed by atoms with E-state index in [4.69, 9.17) is 10.3 Å². The van der Waals surface area contributed by atoms with Gasteiger partial charge in [0.2, 0.25) is 0 Å². The Kier molecular flexibility index (Phi) is 4.21. The van der Waals surface area contributed by atoms with Gasteiger partial charge in [-0.2, -0.15) is 0 Å².